The van der Waals surface area contributed by atoms with Crippen LogP contribution in [0.15, 0.2) is 72.9 Å². The maximum atomic E-state index is 15.3. The third-order valence-electron chi connectivity index (χ3n) is 7.53. The number of aryl methyl sites for hydroxylation is 3. The number of aromatic nitrogens is 2. The van der Waals surface area contributed by atoms with E-state index in [1.54, 1.807) is 24.5 Å². The number of hydrogen-bond donors (Lipinski definition) is 1. The second kappa shape index (κ2) is 11.5. The van der Waals surface area contributed by atoms with E-state index in [4.69, 9.17) is 14.6 Å². The van der Waals surface area contributed by atoms with Crippen LogP contribution in [0.1, 0.15) is 59.5 Å². The van der Waals surface area contributed by atoms with Crippen LogP contribution in [0.2, 0.25) is 0 Å². The Bertz CT molecular complexity index is 1500. The van der Waals surface area contributed by atoms with Crippen molar-refractivity contribution in [2.75, 3.05) is 6.61 Å². The average molecular weight is 541 g/mol. The Labute approximate surface area is 233 Å². The Morgan fingerprint density at radius 2 is 1.90 bits per heavy atom. The molecule has 0 unspecified atom stereocenters. The Balaban J connectivity index is 1.33. The molecule has 2 atom stereocenters. The first-order valence-electron chi connectivity index (χ1n) is 13.5. The number of carboxylic acids is 1. The van der Waals surface area contributed by atoms with E-state index in [2.05, 4.69) is 42.5 Å². The van der Waals surface area contributed by atoms with E-state index < -0.39 is 17.9 Å². The molecule has 0 radical (unpaired) electrons. The van der Waals surface area contributed by atoms with Gasteiger partial charge in [-0.25, -0.2) is 4.39 Å². The Kier molecular flexibility index (Phi) is 7.83. The Morgan fingerprint density at radius 1 is 1.12 bits per heavy atom. The lowest BCUT2D eigenvalue weighted by molar-refractivity contribution is -0.137. The molecular formula is C33H33FN2O4. The second-order valence-electron chi connectivity index (χ2n) is 10.6. The van der Waals surface area contributed by atoms with E-state index in [-0.39, 0.29) is 12.3 Å². The number of rotatable bonds is 6. The van der Waals surface area contributed by atoms with Gasteiger partial charge in [0.25, 0.3) is 0 Å². The minimum Gasteiger partial charge on any atom is -0.492 e. The van der Waals surface area contributed by atoms with Gasteiger partial charge in [-0.05, 0) is 86.6 Å². The van der Waals surface area contributed by atoms with E-state index in [1.807, 2.05) is 19.1 Å². The lowest BCUT2D eigenvalue weighted by Crippen LogP contribution is -2.19. The number of nitrogens with zero attached hydrogens (tertiary/aromatic N) is 2. The van der Waals surface area contributed by atoms with Crippen molar-refractivity contribution in [3.8, 4) is 22.8 Å². The molecule has 6 nitrogen and oxygen atoms in total. The first-order valence-corrected chi connectivity index (χ1v) is 13.5. The average Bonchev–Trinajstić information content (AvgIpc) is 3.32. The number of fused-ring (bicyclic) bond motifs is 1. The molecule has 1 aliphatic heterocycles. The summed E-state index contributed by atoms with van der Waals surface area (Å²) >= 11 is 0. The number of benzene rings is 2. The fraction of sp³-hybridized carbons (Fsp3) is 0.303. The molecule has 0 spiro atoms. The van der Waals surface area contributed by atoms with Crippen molar-refractivity contribution < 1.29 is 23.8 Å². The van der Waals surface area contributed by atoms with Crippen molar-refractivity contribution >= 4 is 11.5 Å². The van der Waals surface area contributed by atoms with Crippen molar-refractivity contribution in [1.82, 2.24) is 9.97 Å². The minimum absolute atomic E-state index is 0.0136. The standard InChI is InChI=1S/C33H33FN2O4/c1-19-12-24(29-17-35-21(3)16-36-29)13-20(2)33(19)23-6-5-7-30(22(4)28(34)11-8-23)40-26-9-10-27-25(14-32(37)38)18-39-31(27)15-26/h8-13,15-17,25,30H,4-7,14,18H2,1-3H3,(H,37,38)/b23-8+,28-11+/t25-,30-/m1/s1. The van der Waals surface area contributed by atoms with Gasteiger partial charge in [0.2, 0.25) is 0 Å². The zero-order valence-electron chi connectivity index (χ0n) is 23.0. The van der Waals surface area contributed by atoms with Crippen LogP contribution in [0.4, 0.5) is 4.39 Å². The quantitative estimate of drug-likeness (QED) is 0.350. The van der Waals surface area contributed by atoms with Gasteiger partial charge in [-0.15, -0.1) is 0 Å². The number of ether oxygens (including phenoxy) is 2. The lowest BCUT2D eigenvalue weighted by Gasteiger charge is -2.21. The summed E-state index contributed by atoms with van der Waals surface area (Å²) in [6, 6.07) is 9.61. The predicted octanol–water partition coefficient (Wildman–Crippen LogP) is 7.44. The van der Waals surface area contributed by atoms with Gasteiger partial charge in [-0.3, -0.25) is 14.8 Å². The molecule has 0 bridgehead atoms. The molecule has 2 aliphatic rings. The maximum Gasteiger partial charge on any atom is 0.304 e. The summed E-state index contributed by atoms with van der Waals surface area (Å²) < 4.78 is 27.2. The number of hydrogen-bond acceptors (Lipinski definition) is 5. The summed E-state index contributed by atoms with van der Waals surface area (Å²) in [5.41, 5.74) is 8.23. The van der Waals surface area contributed by atoms with Crippen molar-refractivity contribution in [2.24, 2.45) is 0 Å². The summed E-state index contributed by atoms with van der Waals surface area (Å²) in [6.45, 7) is 10.4. The van der Waals surface area contributed by atoms with E-state index >= 15 is 4.39 Å². The topological polar surface area (TPSA) is 81.5 Å². The van der Waals surface area contributed by atoms with E-state index in [1.165, 1.54) is 6.08 Å². The normalized spacial score (nSPS) is 21.6. The van der Waals surface area contributed by atoms with Crippen LogP contribution in [0.5, 0.6) is 11.5 Å². The smallest absolute Gasteiger partial charge is 0.304 e. The second-order valence-corrected chi connectivity index (χ2v) is 10.6. The molecule has 7 heteroatoms. The van der Waals surface area contributed by atoms with E-state index in [0.717, 1.165) is 57.6 Å². The molecular weight excluding hydrogens is 507 g/mol. The van der Waals surface area contributed by atoms with Gasteiger partial charge in [-0.1, -0.05) is 18.7 Å². The fourth-order valence-electron chi connectivity index (χ4n) is 5.54. The first-order chi connectivity index (χ1) is 19.2. The fourth-order valence-corrected chi connectivity index (χ4v) is 5.54. The van der Waals surface area contributed by atoms with Gasteiger partial charge in [0.1, 0.15) is 23.4 Å². The molecule has 1 aliphatic carbocycles. The lowest BCUT2D eigenvalue weighted by atomic mass is 9.89. The molecule has 0 saturated carbocycles. The number of allylic oxidation sites excluding steroid dienone is 3. The zero-order chi connectivity index (χ0) is 28.4. The summed E-state index contributed by atoms with van der Waals surface area (Å²) in [7, 11) is 0. The predicted molar refractivity (Wildman–Crippen MR) is 153 cm³/mol. The van der Waals surface area contributed by atoms with Crippen LogP contribution in [0, 0.1) is 20.8 Å². The molecule has 2 heterocycles. The number of carboxylic acid groups (broad SMARTS) is 1. The summed E-state index contributed by atoms with van der Waals surface area (Å²) in [5, 5.41) is 9.15. The minimum atomic E-state index is -0.860. The molecule has 206 valence electrons. The molecule has 5 rings (SSSR count). The Hall–Kier alpha value is -4.26. The van der Waals surface area contributed by atoms with Crippen molar-refractivity contribution in [1.29, 1.82) is 0 Å². The SMILES string of the molecule is C=C1/C(F)=C\C=C(\c2c(C)cc(-c3cnc(C)cn3)cc2C)CCC[C@H]1Oc1ccc2c(c1)OC[C@H]2CC(=O)O. The first kappa shape index (κ1) is 27.3. The zero-order valence-corrected chi connectivity index (χ0v) is 23.0. The van der Waals surface area contributed by atoms with Gasteiger partial charge in [0.05, 0.1) is 30.6 Å². The number of carbonyl (C=O) groups is 1. The Morgan fingerprint density at radius 3 is 2.60 bits per heavy atom. The number of halogens is 1. The summed E-state index contributed by atoms with van der Waals surface area (Å²) in [4.78, 5) is 20.0. The molecule has 1 N–H and O–H groups in total. The van der Waals surface area contributed by atoms with Crippen LogP contribution >= 0.6 is 0 Å². The van der Waals surface area contributed by atoms with E-state index in [9.17, 15) is 4.79 Å². The maximum absolute atomic E-state index is 15.3. The van der Waals surface area contributed by atoms with Crippen molar-refractivity contribution in [2.45, 2.75) is 58.5 Å². The summed E-state index contributed by atoms with van der Waals surface area (Å²) in [5.74, 6) is -0.297. The molecule has 1 aromatic heterocycles. The molecule has 0 fully saturated rings. The molecule has 2 aromatic carbocycles. The van der Waals surface area contributed by atoms with E-state index in [0.29, 0.717) is 30.1 Å². The highest BCUT2D eigenvalue weighted by atomic mass is 19.1. The third-order valence-corrected chi connectivity index (χ3v) is 7.53. The highest BCUT2D eigenvalue weighted by Gasteiger charge is 2.28. The van der Waals surface area contributed by atoms with Gasteiger partial charge in [-0.2, -0.15) is 0 Å². The highest BCUT2D eigenvalue weighted by Crippen LogP contribution is 2.39. The molecule has 0 saturated heterocycles. The molecule has 3 aromatic rings. The van der Waals surface area contributed by atoms with Gasteiger partial charge < -0.3 is 14.6 Å². The van der Waals surface area contributed by atoms with Crippen LogP contribution < -0.4 is 9.47 Å². The van der Waals surface area contributed by atoms with Crippen LogP contribution in [0.3, 0.4) is 0 Å². The van der Waals surface area contributed by atoms with Crippen LogP contribution in [-0.2, 0) is 4.79 Å². The third kappa shape index (κ3) is 5.83. The summed E-state index contributed by atoms with van der Waals surface area (Å²) in [6.07, 6.45) is 8.49. The number of aliphatic carboxylic acids is 1. The van der Waals surface area contributed by atoms with Gasteiger partial charge in [0, 0.05) is 34.9 Å². The van der Waals surface area contributed by atoms with Crippen molar-refractivity contribution in [3.05, 3.63) is 101 Å². The van der Waals surface area contributed by atoms with Crippen LogP contribution in [-0.4, -0.2) is 33.8 Å². The molecule has 0 amide bonds. The van der Waals surface area contributed by atoms with Crippen LogP contribution in [0.25, 0.3) is 16.8 Å². The van der Waals surface area contributed by atoms with Crippen molar-refractivity contribution in [3.63, 3.8) is 0 Å². The molecule has 40 heavy (non-hydrogen) atoms. The van der Waals surface area contributed by atoms with Gasteiger partial charge in [0.15, 0.2) is 0 Å². The highest BCUT2D eigenvalue weighted by molar-refractivity contribution is 5.76. The monoisotopic (exact) mass is 540 g/mol. The largest absolute Gasteiger partial charge is 0.492 e. The van der Waals surface area contributed by atoms with Gasteiger partial charge >= 0.3 is 5.97 Å².